The van der Waals surface area contributed by atoms with Gasteiger partial charge in [0.15, 0.2) is 11.5 Å². The van der Waals surface area contributed by atoms with Gasteiger partial charge in [0.05, 0.1) is 23.4 Å². The summed E-state index contributed by atoms with van der Waals surface area (Å²) in [5.41, 5.74) is -1.12. The number of amides is 2. The lowest BCUT2D eigenvalue weighted by Gasteiger charge is -2.17. The Hall–Kier alpha value is -4.31. The molecule has 2 amide bonds. The molecule has 0 bridgehead atoms. The average molecular weight is 531 g/mol. The van der Waals surface area contributed by atoms with E-state index in [-0.39, 0.29) is 22.7 Å². The minimum Gasteiger partial charge on any atom is -0.490 e. The second-order valence-corrected chi connectivity index (χ2v) is 8.03. The fraction of sp³-hybridized carbons (Fsp3) is 0.115. The Labute approximate surface area is 214 Å². The number of nitrogens with one attached hydrogen (secondary N) is 1. The number of rotatable bonds is 7. The van der Waals surface area contributed by atoms with Gasteiger partial charge >= 0.3 is 12.1 Å². The maximum atomic E-state index is 13.1. The van der Waals surface area contributed by atoms with Crippen LogP contribution in [-0.4, -0.2) is 24.4 Å². The molecule has 0 unspecified atom stereocenters. The van der Waals surface area contributed by atoms with Crippen molar-refractivity contribution in [1.82, 2.24) is 0 Å². The summed E-state index contributed by atoms with van der Waals surface area (Å²) in [5, 5.41) is 2.21. The standard InChI is InChI=1S/C26H18ClF3N2O5/c1-2-36-19-8-3-4-9-20(19)37-25(35)15-10-12-17(13-11-15)31-22-21(27)23(33)32(24(22)34)18-7-5-6-16(14-18)26(28,29)30/h3-14,31H,2H2,1H3. The van der Waals surface area contributed by atoms with Crippen LogP contribution in [0.15, 0.2) is 83.5 Å². The molecule has 0 spiro atoms. The van der Waals surface area contributed by atoms with Gasteiger partial charge in [0.1, 0.15) is 10.7 Å². The lowest BCUT2D eigenvalue weighted by Crippen LogP contribution is -2.32. The number of anilines is 2. The molecule has 1 aliphatic heterocycles. The lowest BCUT2D eigenvalue weighted by atomic mass is 10.2. The molecular weight excluding hydrogens is 513 g/mol. The Morgan fingerprint density at radius 3 is 2.27 bits per heavy atom. The van der Waals surface area contributed by atoms with Gasteiger partial charge in [-0.3, -0.25) is 9.59 Å². The van der Waals surface area contributed by atoms with Crippen molar-refractivity contribution in [2.45, 2.75) is 13.1 Å². The normalized spacial score (nSPS) is 13.7. The second-order valence-electron chi connectivity index (χ2n) is 7.65. The van der Waals surface area contributed by atoms with Gasteiger partial charge in [0.25, 0.3) is 11.8 Å². The molecule has 4 rings (SSSR count). The van der Waals surface area contributed by atoms with Gasteiger partial charge in [-0.15, -0.1) is 0 Å². The molecule has 0 saturated carbocycles. The van der Waals surface area contributed by atoms with Crippen LogP contribution in [0.2, 0.25) is 0 Å². The van der Waals surface area contributed by atoms with Crippen LogP contribution in [0, 0.1) is 0 Å². The first-order chi connectivity index (χ1) is 17.6. The molecule has 0 aliphatic carbocycles. The lowest BCUT2D eigenvalue weighted by molar-refractivity contribution is -0.137. The summed E-state index contributed by atoms with van der Waals surface area (Å²) in [6, 6.07) is 16.2. The zero-order valence-corrected chi connectivity index (χ0v) is 19.9. The highest BCUT2D eigenvalue weighted by Gasteiger charge is 2.40. The minimum absolute atomic E-state index is 0.191. The number of halogens is 4. The molecule has 1 heterocycles. The molecule has 0 aromatic heterocycles. The summed E-state index contributed by atoms with van der Waals surface area (Å²) in [6.45, 7) is 2.19. The molecule has 0 atom stereocenters. The Balaban J connectivity index is 1.49. The van der Waals surface area contributed by atoms with Gasteiger partial charge in [-0.1, -0.05) is 29.8 Å². The monoisotopic (exact) mass is 530 g/mol. The third-order valence-electron chi connectivity index (χ3n) is 5.20. The van der Waals surface area contributed by atoms with Crippen molar-refractivity contribution in [2.75, 3.05) is 16.8 Å². The van der Waals surface area contributed by atoms with Crippen LogP contribution < -0.4 is 19.7 Å². The van der Waals surface area contributed by atoms with Crippen molar-refractivity contribution in [3.05, 3.63) is 94.7 Å². The largest absolute Gasteiger partial charge is 0.490 e. The van der Waals surface area contributed by atoms with Crippen molar-refractivity contribution < 1.29 is 37.0 Å². The number of carbonyl (C=O) groups excluding carboxylic acids is 3. The van der Waals surface area contributed by atoms with Crippen molar-refractivity contribution in [2.24, 2.45) is 0 Å². The Morgan fingerprint density at radius 2 is 1.62 bits per heavy atom. The van der Waals surface area contributed by atoms with E-state index >= 15 is 0 Å². The highest BCUT2D eigenvalue weighted by atomic mass is 35.5. The van der Waals surface area contributed by atoms with Crippen LogP contribution in [0.5, 0.6) is 11.5 Å². The SMILES string of the molecule is CCOc1ccccc1OC(=O)c1ccc(NC2=C(Cl)C(=O)N(c3cccc(C(F)(F)F)c3)C2=O)cc1. The van der Waals surface area contributed by atoms with Crippen LogP contribution in [0.3, 0.4) is 0 Å². The van der Waals surface area contributed by atoms with Crippen molar-refractivity contribution >= 4 is 40.8 Å². The molecule has 0 saturated heterocycles. The smallest absolute Gasteiger partial charge is 0.416 e. The zero-order chi connectivity index (χ0) is 26.7. The van der Waals surface area contributed by atoms with E-state index in [1.54, 1.807) is 31.2 Å². The number of imide groups is 1. The molecule has 3 aromatic carbocycles. The van der Waals surface area contributed by atoms with Crippen molar-refractivity contribution in [3.8, 4) is 11.5 Å². The quantitative estimate of drug-likeness (QED) is 0.237. The number of alkyl halides is 3. The van der Waals surface area contributed by atoms with Gasteiger partial charge in [0.2, 0.25) is 0 Å². The van der Waals surface area contributed by atoms with E-state index in [9.17, 15) is 27.6 Å². The molecule has 0 fully saturated rings. The van der Waals surface area contributed by atoms with E-state index in [2.05, 4.69) is 5.32 Å². The number of hydrogen-bond donors (Lipinski definition) is 1. The van der Waals surface area contributed by atoms with Crippen LogP contribution in [0.4, 0.5) is 24.5 Å². The molecule has 1 N–H and O–H groups in total. The predicted molar refractivity (Wildman–Crippen MR) is 129 cm³/mol. The fourth-order valence-corrected chi connectivity index (χ4v) is 3.68. The van der Waals surface area contributed by atoms with Gasteiger partial charge in [-0.25, -0.2) is 9.69 Å². The van der Waals surface area contributed by atoms with Crippen LogP contribution in [0.25, 0.3) is 0 Å². The molecule has 1 aliphatic rings. The predicted octanol–water partition coefficient (Wildman–Crippen LogP) is 5.76. The minimum atomic E-state index is -4.66. The summed E-state index contributed by atoms with van der Waals surface area (Å²) in [7, 11) is 0. The van der Waals surface area contributed by atoms with Crippen molar-refractivity contribution in [1.29, 1.82) is 0 Å². The van der Waals surface area contributed by atoms with Gasteiger partial charge in [0, 0.05) is 5.69 Å². The summed E-state index contributed by atoms with van der Waals surface area (Å²) in [6.07, 6.45) is -4.66. The number of para-hydroxylation sites is 2. The summed E-state index contributed by atoms with van der Waals surface area (Å²) in [4.78, 5) is 38.6. The van der Waals surface area contributed by atoms with E-state index in [0.29, 0.717) is 29.0 Å². The molecule has 7 nitrogen and oxygen atoms in total. The van der Waals surface area contributed by atoms with Gasteiger partial charge in [-0.05, 0) is 61.5 Å². The first-order valence-corrected chi connectivity index (χ1v) is 11.2. The summed E-state index contributed by atoms with van der Waals surface area (Å²) in [5.74, 6) is -1.89. The van der Waals surface area contributed by atoms with Crippen LogP contribution >= 0.6 is 11.6 Å². The fourth-order valence-electron chi connectivity index (χ4n) is 3.47. The number of ether oxygens (including phenoxy) is 2. The second kappa shape index (κ2) is 10.4. The van der Waals surface area contributed by atoms with Gasteiger partial charge in [-0.2, -0.15) is 13.2 Å². The number of esters is 1. The molecule has 11 heteroatoms. The first kappa shape index (κ1) is 25.8. The maximum Gasteiger partial charge on any atom is 0.416 e. The topological polar surface area (TPSA) is 84.9 Å². The van der Waals surface area contributed by atoms with E-state index in [1.165, 1.54) is 30.3 Å². The van der Waals surface area contributed by atoms with Crippen LogP contribution in [-0.2, 0) is 15.8 Å². The first-order valence-electron chi connectivity index (χ1n) is 10.9. The zero-order valence-electron chi connectivity index (χ0n) is 19.1. The third kappa shape index (κ3) is 5.44. The molecule has 0 radical (unpaired) electrons. The summed E-state index contributed by atoms with van der Waals surface area (Å²) < 4.78 is 50.1. The molecule has 190 valence electrons. The van der Waals surface area contributed by atoms with E-state index in [1.807, 2.05) is 0 Å². The third-order valence-corrected chi connectivity index (χ3v) is 5.55. The van der Waals surface area contributed by atoms with E-state index in [0.717, 1.165) is 12.1 Å². The molecule has 37 heavy (non-hydrogen) atoms. The Kier molecular flexibility index (Phi) is 7.21. The number of carbonyl (C=O) groups is 3. The highest BCUT2D eigenvalue weighted by Crippen LogP contribution is 2.35. The van der Waals surface area contributed by atoms with Crippen molar-refractivity contribution in [3.63, 3.8) is 0 Å². The van der Waals surface area contributed by atoms with E-state index < -0.39 is 34.6 Å². The molecule has 3 aromatic rings. The number of hydrogen-bond acceptors (Lipinski definition) is 6. The summed E-state index contributed by atoms with van der Waals surface area (Å²) >= 11 is 6.06. The molecular formula is C26H18ClF3N2O5. The Bertz CT molecular complexity index is 1400. The highest BCUT2D eigenvalue weighted by molar-refractivity contribution is 6.53. The van der Waals surface area contributed by atoms with Crippen LogP contribution in [0.1, 0.15) is 22.8 Å². The van der Waals surface area contributed by atoms with E-state index in [4.69, 9.17) is 21.1 Å². The number of benzene rings is 3. The maximum absolute atomic E-state index is 13.1. The number of nitrogens with zero attached hydrogens (tertiary/aromatic N) is 1. The van der Waals surface area contributed by atoms with Gasteiger partial charge < -0.3 is 14.8 Å². The average Bonchev–Trinajstić information content (AvgIpc) is 3.08. The Morgan fingerprint density at radius 1 is 0.946 bits per heavy atom.